The lowest BCUT2D eigenvalue weighted by molar-refractivity contribution is -0.124. The first-order chi connectivity index (χ1) is 14.0. The number of rotatable bonds is 8. The van der Waals surface area contributed by atoms with Crippen molar-refractivity contribution in [2.45, 2.75) is 39.8 Å². The highest BCUT2D eigenvalue weighted by Crippen LogP contribution is 2.15. The summed E-state index contributed by atoms with van der Waals surface area (Å²) >= 11 is 0. The highest BCUT2D eigenvalue weighted by molar-refractivity contribution is 5.97. The van der Waals surface area contributed by atoms with Crippen molar-refractivity contribution in [1.29, 1.82) is 0 Å². The summed E-state index contributed by atoms with van der Waals surface area (Å²) in [6.45, 7) is 7.04. The number of para-hydroxylation sites is 2. The Morgan fingerprint density at radius 1 is 1.07 bits per heavy atom. The van der Waals surface area contributed by atoms with Gasteiger partial charge in [0.2, 0.25) is 5.91 Å². The van der Waals surface area contributed by atoms with Crippen molar-refractivity contribution in [2.24, 2.45) is 5.92 Å². The molecule has 3 rings (SSSR count). The molecule has 6 heteroatoms. The summed E-state index contributed by atoms with van der Waals surface area (Å²) in [6, 6.07) is 16.3. The first kappa shape index (κ1) is 20.6. The quantitative estimate of drug-likeness (QED) is 0.618. The third-order valence-electron chi connectivity index (χ3n) is 5.30. The van der Waals surface area contributed by atoms with E-state index in [1.807, 2.05) is 63.2 Å². The fourth-order valence-electron chi connectivity index (χ4n) is 3.40. The molecule has 1 aromatic heterocycles. The first-order valence-electron chi connectivity index (χ1n) is 10.1. The van der Waals surface area contributed by atoms with Crippen LogP contribution in [-0.4, -0.2) is 34.0 Å². The smallest absolute Gasteiger partial charge is 0.251 e. The first-order valence-corrected chi connectivity index (χ1v) is 10.1. The van der Waals surface area contributed by atoms with Gasteiger partial charge in [0, 0.05) is 18.7 Å². The van der Waals surface area contributed by atoms with Crippen molar-refractivity contribution in [3.8, 4) is 0 Å². The van der Waals surface area contributed by atoms with E-state index in [9.17, 15) is 9.59 Å². The van der Waals surface area contributed by atoms with Crippen LogP contribution in [0.3, 0.4) is 0 Å². The average molecular weight is 393 g/mol. The third-order valence-corrected chi connectivity index (χ3v) is 5.30. The number of aryl methyl sites for hydroxylation is 1. The van der Waals surface area contributed by atoms with Crippen LogP contribution in [0.25, 0.3) is 11.0 Å². The van der Waals surface area contributed by atoms with Gasteiger partial charge in [-0.1, -0.05) is 50.6 Å². The Balaban J connectivity index is 1.64. The molecule has 0 aliphatic carbocycles. The molecule has 29 heavy (non-hydrogen) atoms. The lowest BCUT2D eigenvalue weighted by atomic mass is 9.98. The molecule has 2 N–H and O–H groups in total. The molecule has 0 unspecified atom stereocenters. The Kier molecular flexibility index (Phi) is 6.65. The molecule has 0 fully saturated rings. The van der Waals surface area contributed by atoms with E-state index in [1.54, 1.807) is 12.1 Å². The molecule has 0 bridgehead atoms. The fourth-order valence-corrected chi connectivity index (χ4v) is 3.40. The zero-order valence-corrected chi connectivity index (χ0v) is 17.2. The number of aromatic nitrogens is 2. The molecule has 0 aliphatic heterocycles. The van der Waals surface area contributed by atoms with Crippen LogP contribution < -0.4 is 10.6 Å². The van der Waals surface area contributed by atoms with E-state index in [-0.39, 0.29) is 17.7 Å². The summed E-state index contributed by atoms with van der Waals surface area (Å²) in [5.41, 5.74) is 2.55. The van der Waals surface area contributed by atoms with Crippen LogP contribution in [0.1, 0.15) is 36.5 Å². The number of hydrogen-bond donors (Lipinski definition) is 2. The van der Waals surface area contributed by atoms with Gasteiger partial charge in [-0.25, -0.2) is 4.98 Å². The molecular formula is C23H28N4O2. The van der Waals surface area contributed by atoms with E-state index < -0.39 is 6.04 Å². The lowest BCUT2D eigenvalue weighted by Gasteiger charge is -2.23. The maximum atomic E-state index is 12.8. The third kappa shape index (κ3) is 4.83. The van der Waals surface area contributed by atoms with Gasteiger partial charge in [-0.2, -0.15) is 0 Å². The van der Waals surface area contributed by atoms with Gasteiger partial charge in [0.1, 0.15) is 11.9 Å². The number of imidazole rings is 1. The second-order valence-electron chi connectivity index (χ2n) is 7.29. The number of hydrogen-bond acceptors (Lipinski definition) is 3. The Morgan fingerprint density at radius 2 is 1.76 bits per heavy atom. The van der Waals surface area contributed by atoms with Gasteiger partial charge in [0.15, 0.2) is 0 Å². The predicted molar refractivity (Wildman–Crippen MR) is 115 cm³/mol. The number of fused-ring (bicyclic) bond motifs is 1. The van der Waals surface area contributed by atoms with Crippen LogP contribution in [0, 0.1) is 12.8 Å². The number of amides is 2. The van der Waals surface area contributed by atoms with Crippen molar-refractivity contribution >= 4 is 22.8 Å². The van der Waals surface area contributed by atoms with Crippen molar-refractivity contribution in [2.75, 3.05) is 6.54 Å². The Morgan fingerprint density at radius 3 is 2.48 bits per heavy atom. The van der Waals surface area contributed by atoms with Gasteiger partial charge in [-0.05, 0) is 37.1 Å². The van der Waals surface area contributed by atoms with E-state index >= 15 is 0 Å². The van der Waals surface area contributed by atoms with Crippen LogP contribution in [0.15, 0.2) is 54.6 Å². The summed E-state index contributed by atoms with van der Waals surface area (Å²) in [5, 5.41) is 5.88. The molecule has 3 aromatic rings. The number of benzene rings is 2. The minimum absolute atomic E-state index is 0.0264. The van der Waals surface area contributed by atoms with E-state index in [1.165, 1.54) is 0 Å². The van der Waals surface area contributed by atoms with Crippen LogP contribution in [-0.2, 0) is 11.3 Å². The molecule has 0 saturated carbocycles. The van der Waals surface area contributed by atoms with Crippen LogP contribution in [0.5, 0.6) is 0 Å². The molecule has 152 valence electrons. The van der Waals surface area contributed by atoms with Gasteiger partial charge >= 0.3 is 0 Å². The zero-order valence-electron chi connectivity index (χ0n) is 17.2. The van der Waals surface area contributed by atoms with E-state index in [0.29, 0.717) is 18.7 Å². The van der Waals surface area contributed by atoms with Gasteiger partial charge in [0.25, 0.3) is 5.91 Å². The van der Waals surface area contributed by atoms with E-state index in [4.69, 9.17) is 0 Å². The number of carbonyl (C=O) groups excluding carboxylic acids is 2. The van der Waals surface area contributed by atoms with Crippen molar-refractivity contribution in [3.05, 3.63) is 66.0 Å². The molecule has 1 heterocycles. The molecule has 0 spiro atoms. The highest BCUT2D eigenvalue weighted by Gasteiger charge is 2.26. The molecular weight excluding hydrogens is 364 g/mol. The maximum Gasteiger partial charge on any atom is 0.251 e. The van der Waals surface area contributed by atoms with Crippen LogP contribution in [0.4, 0.5) is 0 Å². The highest BCUT2D eigenvalue weighted by atomic mass is 16.2. The summed E-state index contributed by atoms with van der Waals surface area (Å²) in [6.07, 6.45) is 0.790. The summed E-state index contributed by atoms with van der Waals surface area (Å²) in [7, 11) is 0. The summed E-state index contributed by atoms with van der Waals surface area (Å²) < 4.78 is 2.09. The minimum Gasteiger partial charge on any atom is -0.353 e. The van der Waals surface area contributed by atoms with Crippen LogP contribution >= 0.6 is 0 Å². The van der Waals surface area contributed by atoms with Gasteiger partial charge in [-0.15, -0.1) is 0 Å². The fraction of sp³-hybridized carbons (Fsp3) is 0.348. The Hall–Kier alpha value is -3.15. The lowest BCUT2D eigenvalue weighted by Crippen LogP contribution is -2.50. The van der Waals surface area contributed by atoms with Gasteiger partial charge < -0.3 is 15.2 Å². The van der Waals surface area contributed by atoms with Crippen molar-refractivity contribution in [3.63, 3.8) is 0 Å². The number of nitrogens with one attached hydrogen (secondary N) is 2. The van der Waals surface area contributed by atoms with Gasteiger partial charge in [-0.3, -0.25) is 9.59 Å². The van der Waals surface area contributed by atoms with E-state index in [2.05, 4.69) is 20.2 Å². The normalized spacial score (nSPS) is 13.1. The van der Waals surface area contributed by atoms with Crippen molar-refractivity contribution in [1.82, 2.24) is 20.2 Å². The minimum atomic E-state index is -0.576. The topological polar surface area (TPSA) is 76.0 Å². The standard InChI is InChI=1S/C23H28N4O2/c1-4-16(2)21(26-22(28)18-10-6-5-7-11-18)23(29)24-14-15-27-17(3)25-19-12-8-9-13-20(19)27/h5-13,16,21H,4,14-15H2,1-3H3,(H,24,29)(H,26,28)/t16-,21-/m0/s1. The monoisotopic (exact) mass is 392 g/mol. The zero-order chi connectivity index (χ0) is 20.8. The Labute approximate surface area is 171 Å². The van der Waals surface area contributed by atoms with E-state index in [0.717, 1.165) is 23.3 Å². The van der Waals surface area contributed by atoms with Gasteiger partial charge in [0.05, 0.1) is 11.0 Å². The predicted octanol–water partition coefficient (Wildman–Crippen LogP) is 3.31. The molecule has 0 radical (unpaired) electrons. The second kappa shape index (κ2) is 9.37. The number of carbonyl (C=O) groups is 2. The SMILES string of the molecule is CC[C@H](C)[C@H](NC(=O)c1ccccc1)C(=O)NCCn1c(C)nc2ccccc21. The molecule has 2 aromatic carbocycles. The molecule has 2 amide bonds. The summed E-state index contributed by atoms with van der Waals surface area (Å²) in [4.78, 5) is 29.9. The Bertz CT molecular complexity index is 981. The molecule has 6 nitrogen and oxygen atoms in total. The second-order valence-corrected chi connectivity index (χ2v) is 7.29. The number of nitrogens with zero attached hydrogens (tertiary/aromatic N) is 2. The largest absolute Gasteiger partial charge is 0.353 e. The molecule has 0 saturated heterocycles. The molecule has 2 atom stereocenters. The summed E-state index contributed by atoms with van der Waals surface area (Å²) in [5.74, 6) is 0.544. The average Bonchev–Trinajstić information content (AvgIpc) is 3.07. The maximum absolute atomic E-state index is 12.8. The van der Waals surface area contributed by atoms with Crippen LogP contribution in [0.2, 0.25) is 0 Å². The van der Waals surface area contributed by atoms with Crippen molar-refractivity contribution < 1.29 is 9.59 Å². The molecule has 0 aliphatic rings.